The maximum atomic E-state index is 6.22. The monoisotopic (exact) mass is 190 g/mol. The van der Waals surface area contributed by atoms with E-state index in [-0.39, 0.29) is 11.5 Å². The Morgan fingerprint density at radius 1 is 1.29 bits per heavy atom. The van der Waals surface area contributed by atoms with E-state index in [1.165, 1.54) is 24.0 Å². The molecule has 1 unspecified atom stereocenters. The van der Waals surface area contributed by atoms with Gasteiger partial charge in [-0.25, -0.2) is 0 Å². The molecule has 1 aliphatic rings. The highest BCUT2D eigenvalue weighted by atomic mass is 14.8. The van der Waals surface area contributed by atoms with Gasteiger partial charge in [-0.15, -0.1) is 0 Å². The molecule has 2 heteroatoms. The van der Waals surface area contributed by atoms with Crippen molar-refractivity contribution >= 4 is 0 Å². The number of aryl methyl sites for hydroxylation is 1. The molecule has 0 aliphatic heterocycles. The van der Waals surface area contributed by atoms with Crippen molar-refractivity contribution in [2.75, 3.05) is 6.54 Å². The molecule has 1 aromatic carbocycles. The van der Waals surface area contributed by atoms with Crippen LogP contribution in [0.1, 0.15) is 30.0 Å². The lowest BCUT2D eigenvalue weighted by atomic mass is 9.90. The molecule has 4 N–H and O–H groups in total. The molecule has 1 atom stereocenters. The van der Waals surface area contributed by atoms with Crippen LogP contribution < -0.4 is 11.5 Å². The number of benzene rings is 1. The van der Waals surface area contributed by atoms with Gasteiger partial charge in [0.2, 0.25) is 0 Å². The number of nitrogens with two attached hydrogens (primary N) is 2. The van der Waals surface area contributed by atoms with Gasteiger partial charge in [0.05, 0.1) is 0 Å². The summed E-state index contributed by atoms with van der Waals surface area (Å²) < 4.78 is 0. The predicted octanol–water partition coefficient (Wildman–Crippen LogP) is 1.73. The van der Waals surface area contributed by atoms with Gasteiger partial charge in [0.25, 0.3) is 0 Å². The lowest BCUT2D eigenvalue weighted by Crippen LogP contribution is -2.29. The van der Waals surface area contributed by atoms with E-state index >= 15 is 0 Å². The van der Waals surface area contributed by atoms with Gasteiger partial charge in [-0.1, -0.05) is 29.8 Å². The Balaban J connectivity index is 2.19. The third kappa shape index (κ3) is 1.56. The fourth-order valence-corrected chi connectivity index (χ4v) is 1.93. The molecule has 1 aromatic rings. The Morgan fingerprint density at radius 3 is 2.29 bits per heavy atom. The molecule has 0 aromatic heterocycles. The van der Waals surface area contributed by atoms with E-state index in [0.717, 1.165) is 0 Å². The van der Waals surface area contributed by atoms with Crippen LogP contribution in [0.4, 0.5) is 0 Å². The molecule has 14 heavy (non-hydrogen) atoms. The summed E-state index contributed by atoms with van der Waals surface area (Å²) in [4.78, 5) is 0. The first-order valence-electron chi connectivity index (χ1n) is 5.20. The van der Waals surface area contributed by atoms with E-state index in [1.54, 1.807) is 0 Å². The topological polar surface area (TPSA) is 52.0 Å². The third-order valence-corrected chi connectivity index (χ3v) is 3.39. The van der Waals surface area contributed by atoms with Gasteiger partial charge < -0.3 is 11.5 Å². The van der Waals surface area contributed by atoms with Gasteiger partial charge in [0, 0.05) is 11.5 Å². The average molecular weight is 190 g/mol. The molecule has 0 radical (unpaired) electrons. The summed E-state index contributed by atoms with van der Waals surface area (Å²) in [7, 11) is 0. The fraction of sp³-hybridized carbons (Fsp3) is 0.500. The lowest BCUT2D eigenvalue weighted by Gasteiger charge is -2.22. The summed E-state index contributed by atoms with van der Waals surface area (Å²) in [6.45, 7) is 2.80. The van der Waals surface area contributed by atoms with Gasteiger partial charge in [0.1, 0.15) is 0 Å². The van der Waals surface area contributed by atoms with E-state index in [4.69, 9.17) is 11.5 Å². The lowest BCUT2D eigenvalue weighted by molar-refractivity contribution is 0.419. The van der Waals surface area contributed by atoms with Crippen LogP contribution in [0.3, 0.4) is 0 Å². The molecule has 2 nitrogen and oxygen atoms in total. The summed E-state index contributed by atoms with van der Waals surface area (Å²) in [5.74, 6) is 0. The van der Waals surface area contributed by atoms with Crippen LogP contribution in [0.5, 0.6) is 0 Å². The molecule has 0 heterocycles. The molecule has 0 saturated heterocycles. The first kappa shape index (κ1) is 9.69. The van der Waals surface area contributed by atoms with Crippen LogP contribution in [-0.4, -0.2) is 6.54 Å². The van der Waals surface area contributed by atoms with Gasteiger partial charge >= 0.3 is 0 Å². The highest BCUT2D eigenvalue weighted by molar-refractivity contribution is 5.27. The number of rotatable bonds is 3. The van der Waals surface area contributed by atoms with Crippen molar-refractivity contribution in [3.8, 4) is 0 Å². The molecule has 76 valence electrons. The van der Waals surface area contributed by atoms with Gasteiger partial charge in [-0.05, 0) is 31.9 Å². The normalized spacial score (nSPS) is 20.5. The van der Waals surface area contributed by atoms with E-state index in [9.17, 15) is 0 Å². The maximum absolute atomic E-state index is 6.22. The zero-order valence-corrected chi connectivity index (χ0v) is 8.66. The molecular weight excluding hydrogens is 172 g/mol. The Bertz CT molecular complexity index is 312. The highest BCUT2D eigenvalue weighted by Gasteiger charge is 2.46. The maximum Gasteiger partial charge on any atom is 0.0364 e. The quantitative estimate of drug-likeness (QED) is 0.762. The summed E-state index contributed by atoms with van der Waals surface area (Å²) >= 11 is 0. The van der Waals surface area contributed by atoms with Gasteiger partial charge in [-0.3, -0.25) is 0 Å². The average Bonchev–Trinajstić information content (AvgIpc) is 2.99. The first-order chi connectivity index (χ1) is 6.68. The number of hydrogen-bond acceptors (Lipinski definition) is 2. The zero-order chi connectivity index (χ0) is 10.2. The second-order valence-electron chi connectivity index (χ2n) is 4.45. The van der Waals surface area contributed by atoms with Crippen LogP contribution >= 0.6 is 0 Å². The Labute approximate surface area is 85.3 Å². The molecule has 1 aliphatic carbocycles. The van der Waals surface area contributed by atoms with Gasteiger partial charge in [0.15, 0.2) is 0 Å². The second kappa shape index (κ2) is 3.37. The standard InChI is InChI=1S/C12H18N2/c1-9-2-4-10(5-3-9)11(14)12(8-13)6-7-12/h2-5,11H,6-8,13-14H2,1H3. The molecule has 0 spiro atoms. The van der Waals surface area contributed by atoms with E-state index in [2.05, 4.69) is 31.2 Å². The van der Waals surface area contributed by atoms with Crippen molar-refractivity contribution in [1.82, 2.24) is 0 Å². The van der Waals surface area contributed by atoms with Crippen molar-refractivity contribution in [2.45, 2.75) is 25.8 Å². The molecule has 1 fully saturated rings. The van der Waals surface area contributed by atoms with E-state index < -0.39 is 0 Å². The number of hydrogen-bond donors (Lipinski definition) is 2. The minimum absolute atomic E-state index is 0.119. The van der Waals surface area contributed by atoms with Crippen molar-refractivity contribution in [2.24, 2.45) is 16.9 Å². The van der Waals surface area contributed by atoms with Crippen molar-refractivity contribution in [3.05, 3.63) is 35.4 Å². The van der Waals surface area contributed by atoms with Crippen LogP contribution in [0.15, 0.2) is 24.3 Å². The van der Waals surface area contributed by atoms with Crippen LogP contribution in [0.25, 0.3) is 0 Å². The summed E-state index contributed by atoms with van der Waals surface area (Å²) in [5, 5.41) is 0. The summed E-state index contributed by atoms with van der Waals surface area (Å²) in [6.07, 6.45) is 2.36. The SMILES string of the molecule is Cc1ccc(C(N)C2(CN)CC2)cc1. The van der Waals surface area contributed by atoms with Gasteiger partial charge in [-0.2, -0.15) is 0 Å². The van der Waals surface area contributed by atoms with E-state index in [1.807, 2.05) is 0 Å². The van der Waals surface area contributed by atoms with Crippen LogP contribution in [0.2, 0.25) is 0 Å². The predicted molar refractivity (Wildman–Crippen MR) is 58.8 cm³/mol. The smallest absolute Gasteiger partial charge is 0.0364 e. The minimum Gasteiger partial charge on any atom is -0.330 e. The van der Waals surface area contributed by atoms with Crippen LogP contribution in [-0.2, 0) is 0 Å². The zero-order valence-electron chi connectivity index (χ0n) is 8.66. The van der Waals surface area contributed by atoms with Crippen molar-refractivity contribution < 1.29 is 0 Å². The first-order valence-corrected chi connectivity index (χ1v) is 5.20. The molecule has 1 saturated carbocycles. The van der Waals surface area contributed by atoms with E-state index in [0.29, 0.717) is 6.54 Å². The molecule has 0 bridgehead atoms. The Morgan fingerprint density at radius 2 is 1.86 bits per heavy atom. The van der Waals surface area contributed by atoms with Crippen molar-refractivity contribution in [3.63, 3.8) is 0 Å². The fourth-order valence-electron chi connectivity index (χ4n) is 1.93. The second-order valence-corrected chi connectivity index (χ2v) is 4.45. The Kier molecular flexibility index (Phi) is 2.33. The highest BCUT2D eigenvalue weighted by Crippen LogP contribution is 2.52. The van der Waals surface area contributed by atoms with Crippen LogP contribution in [0, 0.1) is 12.3 Å². The molecular formula is C12H18N2. The largest absolute Gasteiger partial charge is 0.330 e. The van der Waals surface area contributed by atoms with Crippen molar-refractivity contribution in [1.29, 1.82) is 0 Å². The third-order valence-electron chi connectivity index (χ3n) is 3.39. The Hall–Kier alpha value is -0.860. The summed E-state index contributed by atoms with van der Waals surface area (Å²) in [6, 6.07) is 8.59. The molecule has 0 amide bonds. The summed E-state index contributed by atoms with van der Waals surface area (Å²) in [5.41, 5.74) is 14.7. The molecule has 2 rings (SSSR count). The minimum atomic E-state index is 0.119.